The lowest BCUT2D eigenvalue weighted by atomic mass is 9.81. The van der Waals surface area contributed by atoms with Gasteiger partial charge in [-0.05, 0) is 70.2 Å². The van der Waals surface area contributed by atoms with Crippen molar-refractivity contribution in [1.82, 2.24) is 5.32 Å². The van der Waals surface area contributed by atoms with Crippen LogP contribution in [0.3, 0.4) is 0 Å². The SMILES string of the molecule is [N-]=[N+]=NCc1ccccc1C[C@@]1(C(=O)NCc2cc(F)cc(C(F)(F)F)c2)N=C(c2ccc(OCCCO)cc2)O[C@@H]1c1ccccc1. The number of alkyl halides is 3. The summed E-state index contributed by atoms with van der Waals surface area (Å²) in [7, 11) is 0. The number of aliphatic hydroxyl groups is 1. The van der Waals surface area contributed by atoms with Crippen LogP contribution in [0.1, 0.15) is 45.9 Å². The van der Waals surface area contributed by atoms with Crippen molar-refractivity contribution in [2.75, 3.05) is 13.2 Å². The van der Waals surface area contributed by atoms with Gasteiger partial charge in [-0.3, -0.25) is 4.79 Å². The van der Waals surface area contributed by atoms with Crippen LogP contribution in [0.4, 0.5) is 17.6 Å². The van der Waals surface area contributed by atoms with Crippen molar-refractivity contribution in [1.29, 1.82) is 0 Å². The number of aliphatic hydroxyl groups excluding tert-OH is 1. The Kier molecular flexibility index (Phi) is 10.6. The minimum atomic E-state index is -4.78. The molecule has 248 valence electrons. The predicted molar refractivity (Wildman–Crippen MR) is 169 cm³/mol. The van der Waals surface area contributed by atoms with Gasteiger partial charge in [-0.2, -0.15) is 13.2 Å². The average Bonchev–Trinajstić information content (AvgIpc) is 3.47. The number of hydrogen-bond donors (Lipinski definition) is 2. The van der Waals surface area contributed by atoms with Gasteiger partial charge >= 0.3 is 6.18 Å². The molecule has 0 spiro atoms. The van der Waals surface area contributed by atoms with Gasteiger partial charge in [-0.1, -0.05) is 59.7 Å². The summed E-state index contributed by atoms with van der Waals surface area (Å²) < 4.78 is 66.6. The number of hydrogen-bond acceptors (Lipinski definition) is 6. The molecular formula is C35H31F4N5O4. The Morgan fingerprint density at radius 1 is 1.02 bits per heavy atom. The lowest BCUT2D eigenvalue weighted by molar-refractivity contribution is -0.137. The maximum atomic E-state index is 14.5. The molecule has 9 nitrogen and oxygen atoms in total. The highest BCUT2D eigenvalue weighted by Gasteiger charge is 2.53. The Hall–Kier alpha value is -5.39. The van der Waals surface area contributed by atoms with E-state index in [2.05, 4.69) is 15.3 Å². The first-order valence-electron chi connectivity index (χ1n) is 15.0. The Bertz CT molecular complexity index is 1810. The Balaban J connectivity index is 1.58. The molecule has 0 saturated heterocycles. The van der Waals surface area contributed by atoms with Crippen LogP contribution in [0.25, 0.3) is 10.4 Å². The first-order valence-corrected chi connectivity index (χ1v) is 15.0. The maximum absolute atomic E-state index is 14.5. The third kappa shape index (κ3) is 7.93. The van der Waals surface area contributed by atoms with E-state index in [1.165, 1.54) is 0 Å². The predicted octanol–water partition coefficient (Wildman–Crippen LogP) is 7.23. The van der Waals surface area contributed by atoms with E-state index >= 15 is 0 Å². The molecule has 0 saturated carbocycles. The zero-order valence-corrected chi connectivity index (χ0v) is 25.5. The molecule has 13 heteroatoms. The van der Waals surface area contributed by atoms with Crippen molar-refractivity contribution in [3.8, 4) is 5.75 Å². The fraction of sp³-hybridized carbons (Fsp3) is 0.257. The summed E-state index contributed by atoms with van der Waals surface area (Å²) in [6, 6.07) is 24.9. The number of ether oxygens (including phenoxy) is 2. The standard InChI is InChI=1S/C35H31F4N5O4/c36-29-18-23(17-28(19-29)35(37,38)39)21-41-33(46)34(20-26-9-4-5-10-27(26)22-42-44-40)31(24-7-2-1-3-8-24)48-32(43-34)25-11-13-30(14-12-25)47-16-6-15-45/h1-5,7-14,17-19,31,45H,6,15-16,20-22H2,(H,41,46)/t31-,34-/m1/s1. The van der Waals surface area contributed by atoms with Gasteiger partial charge in [0.05, 0.1) is 18.7 Å². The van der Waals surface area contributed by atoms with Gasteiger partial charge in [0.25, 0.3) is 5.91 Å². The second-order valence-electron chi connectivity index (χ2n) is 11.1. The van der Waals surface area contributed by atoms with E-state index in [4.69, 9.17) is 25.1 Å². The van der Waals surface area contributed by atoms with Crippen LogP contribution in [0.2, 0.25) is 0 Å². The number of nitrogens with one attached hydrogen (secondary N) is 1. The van der Waals surface area contributed by atoms with Crippen molar-refractivity contribution >= 4 is 11.8 Å². The number of carbonyl (C=O) groups excluding carboxylic acids is 1. The number of amides is 1. The van der Waals surface area contributed by atoms with Crippen LogP contribution in [0, 0.1) is 5.82 Å². The zero-order valence-electron chi connectivity index (χ0n) is 25.5. The molecule has 1 heterocycles. The van der Waals surface area contributed by atoms with E-state index in [9.17, 15) is 22.4 Å². The monoisotopic (exact) mass is 661 g/mol. The van der Waals surface area contributed by atoms with E-state index in [1.54, 1.807) is 78.9 Å². The molecule has 2 atom stereocenters. The van der Waals surface area contributed by atoms with Gasteiger partial charge in [0.15, 0.2) is 11.6 Å². The summed E-state index contributed by atoms with van der Waals surface area (Å²) >= 11 is 0. The molecule has 0 unspecified atom stereocenters. The molecule has 5 rings (SSSR count). The van der Waals surface area contributed by atoms with Gasteiger partial charge in [0.1, 0.15) is 11.6 Å². The molecule has 0 aliphatic carbocycles. The van der Waals surface area contributed by atoms with Crippen LogP contribution >= 0.6 is 0 Å². The third-order valence-corrected chi connectivity index (χ3v) is 7.75. The first kappa shape index (κ1) is 34.0. The quantitative estimate of drug-likeness (QED) is 0.0515. The van der Waals surface area contributed by atoms with Crippen molar-refractivity contribution < 1.29 is 36.9 Å². The second-order valence-corrected chi connectivity index (χ2v) is 11.1. The minimum Gasteiger partial charge on any atom is -0.494 e. The lowest BCUT2D eigenvalue weighted by Gasteiger charge is -2.31. The number of benzene rings is 4. The number of rotatable bonds is 13. The number of carbonyl (C=O) groups is 1. The van der Waals surface area contributed by atoms with Gasteiger partial charge in [-0.15, -0.1) is 0 Å². The van der Waals surface area contributed by atoms with E-state index in [0.717, 1.165) is 12.1 Å². The van der Waals surface area contributed by atoms with Gasteiger partial charge in [0, 0.05) is 36.5 Å². The first-order chi connectivity index (χ1) is 23.1. The second kappa shape index (κ2) is 15.0. The number of azide groups is 1. The van der Waals surface area contributed by atoms with Gasteiger partial charge in [-0.25, -0.2) is 9.38 Å². The number of halogens is 4. The molecule has 1 amide bonds. The smallest absolute Gasteiger partial charge is 0.416 e. The Labute approximate surface area is 273 Å². The summed E-state index contributed by atoms with van der Waals surface area (Å²) in [5.41, 5.74) is 8.41. The van der Waals surface area contributed by atoms with Crippen LogP contribution in [-0.4, -0.2) is 35.7 Å². The highest BCUT2D eigenvalue weighted by atomic mass is 19.4. The van der Waals surface area contributed by atoms with Gasteiger partial charge < -0.3 is 19.9 Å². The van der Waals surface area contributed by atoms with E-state index in [0.29, 0.717) is 47.1 Å². The Morgan fingerprint density at radius 2 is 1.73 bits per heavy atom. The average molecular weight is 662 g/mol. The zero-order chi connectivity index (χ0) is 34.1. The lowest BCUT2D eigenvalue weighted by Crippen LogP contribution is -2.49. The van der Waals surface area contributed by atoms with E-state index < -0.39 is 41.7 Å². The summed E-state index contributed by atoms with van der Waals surface area (Å²) in [6.07, 6.45) is -5.37. The summed E-state index contributed by atoms with van der Waals surface area (Å²) in [5.74, 6) is -1.08. The minimum absolute atomic E-state index is 0.000933. The molecule has 0 fully saturated rings. The highest BCUT2D eigenvalue weighted by molar-refractivity contribution is 6.01. The molecule has 48 heavy (non-hydrogen) atoms. The largest absolute Gasteiger partial charge is 0.494 e. The molecule has 1 aliphatic rings. The molecule has 0 bridgehead atoms. The van der Waals surface area contributed by atoms with Crippen molar-refractivity contribution in [3.63, 3.8) is 0 Å². The van der Waals surface area contributed by atoms with Gasteiger partial charge in [0.2, 0.25) is 5.90 Å². The normalized spacial score (nSPS) is 17.2. The molecule has 4 aromatic rings. The molecule has 1 aliphatic heterocycles. The van der Waals surface area contributed by atoms with Crippen LogP contribution in [0.15, 0.2) is 107 Å². The van der Waals surface area contributed by atoms with Crippen molar-refractivity contribution in [2.45, 2.75) is 43.8 Å². The van der Waals surface area contributed by atoms with E-state index in [-0.39, 0.29) is 31.0 Å². The topological polar surface area (TPSA) is 129 Å². The van der Waals surface area contributed by atoms with E-state index in [1.807, 2.05) is 0 Å². The van der Waals surface area contributed by atoms with Crippen molar-refractivity contribution in [3.05, 3.63) is 147 Å². The fourth-order valence-corrected chi connectivity index (χ4v) is 5.44. The highest BCUT2D eigenvalue weighted by Crippen LogP contribution is 2.43. The summed E-state index contributed by atoms with van der Waals surface area (Å²) in [4.78, 5) is 22.2. The molecule has 2 N–H and O–H groups in total. The number of aliphatic imine (C=N–C) groups is 1. The van der Waals surface area contributed by atoms with Crippen LogP contribution in [0.5, 0.6) is 5.75 Å². The molecular weight excluding hydrogens is 630 g/mol. The van der Waals surface area contributed by atoms with Crippen LogP contribution < -0.4 is 10.1 Å². The summed E-state index contributed by atoms with van der Waals surface area (Å²) in [5, 5.41) is 15.4. The third-order valence-electron chi connectivity index (χ3n) is 7.75. The maximum Gasteiger partial charge on any atom is 0.416 e. The van der Waals surface area contributed by atoms with Crippen molar-refractivity contribution in [2.24, 2.45) is 10.1 Å². The summed E-state index contributed by atoms with van der Waals surface area (Å²) in [6.45, 7) is -0.118. The molecule has 0 radical (unpaired) electrons. The Morgan fingerprint density at radius 3 is 2.42 bits per heavy atom. The fourth-order valence-electron chi connectivity index (χ4n) is 5.44. The number of nitrogens with zero attached hydrogens (tertiary/aromatic N) is 4. The van der Waals surface area contributed by atoms with Crippen LogP contribution in [-0.2, 0) is 35.2 Å². The molecule has 0 aromatic heterocycles. The molecule has 4 aromatic carbocycles.